The van der Waals surface area contributed by atoms with Gasteiger partial charge in [0.1, 0.15) is 12.2 Å². The van der Waals surface area contributed by atoms with Crippen LogP contribution in [0.1, 0.15) is 38.9 Å². The molecule has 20 heavy (non-hydrogen) atoms. The Labute approximate surface area is 128 Å². The number of hydrogen-bond acceptors (Lipinski definition) is 4. The van der Waals surface area contributed by atoms with E-state index >= 15 is 0 Å². The van der Waals surface area contributed by atoms with Crippen LogP contribution in [0.4, 0.5) is 0 Å². The van der Waals surface area contributed by atoms with Gasteiger partial charge in [0.15, 0.2) is 0 Å². The molecule has 1 saturated heterocycles. The van der Waals surface area contributed by atoms with Gasteiger partial charge in [-0.25, -0.2) is 9.67 Å². The van der Waals surface area contributed by atoms with Crippen LogP contribution in [0.15, 0.2) is 6.33 Å². The summed E-state index contributed by atoms with van der Waals surface area (Å²) in [6.45, 7) is 8.58. The highest BCUT2D eigenvalue weighted by Gasteiger charge is 2.18. The lowest BCUT2D eigenvalue weighted by Gasteiger charge is -2.26. The molecule has 2 heterocycles. The Morgan fingerprint density at radius 1 is 1.40 bits per heavy atom. The normalized spacial score (nSPS) is 19.9. The quantitative estimate of drug-likeness (QED) is 0.903. The molecule has 1 fully saturated rings. The zero-order valence-corrected chi connectivity index (χ0v) is 13.7. The molecule has 0 spiro atoms. The minimum atomic E-state index is 0. The molecule has 116 valence electrons. The van der Waals surface area contributed by atoms with E-state index in [1.165, 1.54) is 19.3 Å². The van der Waals surface area contributed by atoms with Crippen LogP contribution in [0.3, 0.4) is 0 Å². The first-order valence-corrected chi connectivity index (χ1v) is 7.44. The highest BCUT2D eigenvalue weighted by Crippen LogP contribution is 2.14. The molecular formula is C14H28ClN5. The molecule has 0 aliphatic carbocycles. The molecule has 1 aliphatic heterocycles. The molecule has 1 unspecified atom stereocenters. The summed E-state index contributed by atoms with van der Waals surface area (Å²) in [6, 6.07) is 0.666. The van der Waals surface area contributed by atoms with Crippen molar-refractivity contribution in [2.45, 2.75) is 52.2 Å². The molecule has 1 aromatic heterocycles. The summed E-state index contributed by atoms with van der Waals surface area (Å²) >= 11 is 0. The van der Waals surface area contributed by atoms with Crippen LogP contribution in [0.5, 0.6) is 0 Å². The van der Waals surface area contributed by atoms with Crippen molar-refractivity contribution in [3.8, 4) is 0 Å². The maximum Gasteiger partial charge on any atom is 0.141 e. The van der Waals surface area contributed by atoms with Crippen LogP contribution >= 0.6 is 12.4 Å². The average molecular weight is 302 g/mol. The summed E-state index contributed by atoms with van der Waals surface area (Å²) in [4.78, 5) is 6.86. The SMILES string of the molecule is CC(C)Cn1ncnc1CN(C)C1CCCNCC1.Cl. The number of nitrogens with one attached hydrogen (secondary N) is 1. The smallest absolute Gasteiger partial charge is 0.141 e. The van der Waals surface area contributed by atoms with Gasteiger partial charge in [-0.2, -0.15) is 5.10 Å². The van der Waals surface area contributed by atoms with Crippen LogP contribution in [-0.4, -0.2) is 45.8 Å². The molecule has 6 heteroatoms. The van der Waals surface area contributed by atoms with Gasteiger partial charge in [-0.15, -0.1) is 12.4 Å². The lowest BCUT2D eigenvalue weighted by Crippen LogP contribution is -2.33. The van der Waals surface area contributed by atoms with Crippen molar-refractivity contribution in [3.63, 3.8) is 0 Å². The van der Waals surface area contributed by atoms with Crippen LogP contribution in [0.25, 0.3) is 0 Å². The third-order valence-electron chi connectivity index (χ3n) is 3.79. The summed E-state index contributed by atoms with van der Waals surface area (Å²) in [5.74, 6) is 1.70. The fourth-order valence-corrected chi connectivity index (χ4v) is 2.70. The predicted molar refractivity (Wildman–Crippen MR) is 84.1 cm³/mol. The van der Waals surface area contributed by atoms with Gasteiger partial charge in [0.25, 0.3) is 0 Å². The Hall–Kier alpha value is -0.650. The van der Waals surface area contributed by atoms with Gasteiger partial charge >= 0.3 is 0 Å². The second-order valence-corrected chi connectivity index (χ2v) is 6.00. The zero-order valence-electron chi connectivity index (χ0n) is 12.9. The van der Waals surface area contributed by atoms with Crippen molar-refractivity contribution in [3.05, 3.63) is 12.2 Å². The van der Waals surface area contributed by atoms with Gasteiger partial charge in [-0.3, -0.25) is 4.90 Å². The minimum absolute atomic E-state index is 0. The fourth-order valence-electron chi connectivity index (χ4n) is 2.70. The Balaban J connectivity index is 0.00000200. The van der Waals surface area contributed by atoms with Crippen molar-refractivity contribution in [1.82, 2.24) is 25.0 Å². The van der Waals surface area contributed by atoms with E-state index in [4.69, 9.17) is 0 Å². The molecule has 0 saturated carbocycles. The standard InChI is InChI=1S/C14H27N5.ClH/c1-12(2)9-19-14(16-11-17-19)10-18(3)13-5-4-7-15-8-6-13;/h11-13,15H,4-10H2,1-3H3;1H. The van der Waals surface area contributed by atoms with Crippen molar-refractivity contribution in [2.75, 3.05) is 20.1 Å². The van der Waals surface area contributed by atoms with Gasteiger partial charge in [0.05, 0.1) is 6.54 Å². The highest BCUT2D eigenvalue weighted by atomic mass is 35.5. The largest absolute Gasteiger partial charge is 0.317 e. The van der Waals surface area contributed by atoms with E-state index in [0.29, 0.717) is 12.0 Å². The first kappa shape index (κ1) is 17.4. The Morgan fingerprint density at radius 2 is 2.20 bits per heavy atom. The highest BCUT2D eigenvalue weighted by molar-refractivity contribution is 5.85. The lowest BCUT2D eigenvalue weighted by atomic mass is 10.1. The van der Waals surface area contributed by atoms with Crippen molar-refractivity contribution in [1.29, 1.82) is 0 Å². The monoisotopic (exact) mass is 301 g/mol. The lowest BCUT2D eigenvalue weighted by molar-refractivity contribution is 0.207. The van der Waals surface area contributed by atoms with E-state index in [9.17, 15) is 0 Å². The summed E-state index contributed by atoms with van der Waals surface area (Å²) in [7, 11) is 2.21. The van der Waals surface area contributed by atoms with Crippen LogP contribution in [-0.2, 0) is 13.1 Å². The summed E-state index contributed by atoms with van der Waals surface area (Å²) in [5, 5.41) is 7.81. The molecule has 5 nitrogen and oxygen atoms in total. The molecular weight excluding hydrogens is 274 g/mol. The van der Waals surface area contributed by atoms with E-state index in [0.717, 1.165) is 32.0 Å². The summed E-state index contributed by atoms with van der Waals surface area (Å²) < 4.78 is 2.05. The number of nitrogens with zero attached hydrogens (tertiary/aromatic N) is 4. The third-order valence-corrected chi connectivity index (χ3v) is 3.79. The van der Waals surface area contributed by atoms with Crippen LogP contribution in [0, 0.1) is 5.92 Å². The average Bonchev–Trinajstić information content (AvgIpc) is 2.65. The molecule has 0 amide bonds. The first-order valence-electron chi connectivity index (χ1n) is 7.44. The number of rotatable bonds is 5. The molecule has 1 aliphatic rings. The van der Waals surface area contributed by atoms with Gasteiger partial charge in [0.2, 0.25) is 0 Å². The molecule has 0 radical (unpaired) electrons. The van der Waals surface area contributed by atoms with E-state index in [1.54, 1.807) is 6.33 Å². The van der Waals surface area contributed by atoms with Gasteiger partial charge in [0, 0.05) is 12.6 Å². The molecule has 1 atom stereocenters. The molecule has 1 aromatic rings. The van der Waals surface area contributed by atoms with E-state index in [-0.39, 0.29) is 12.4 Å². The van der Waals surface area contributed by atoms with Crippen LogP contribution < -0.4 is 5.32 Å². The van der Waals surface area contributed by atoms with E-state index < -0.39 is 0 Å². The van der Waals surface area contributed by atoms with Gasteiger partial charge in [-0.1, -0.05) is 13.8 Å². The molecule has 0 bridgehead atoms. The maximum atomic E-state index is 4.42. The molecule has 1 N–H and O–H groups in total. The van der Waals surface area contributed by atoms with Crippen molar-refractivity contribution >= 4 is 12.4 Å². The van der Waals surface area contributed by atoms with Crippen LogP contribution in [0.2, 0.25) is 0 Å². The Bertz CT molecular complexity index is 371. The molecule has 2 rings (SSSR count). The van der Waals surface area contributed by atoms with E-state index in [1.807, 2.05) is 0 Å². The first-order chi connectivity index (χ1) is 9.16. The second-order valence-electron chi connectivity index (χ2n) is 6.00. The minimum Gasteiger partial charge on any atom is -0.317 e. The summed E-state index contributed by atoms with van der Waals surface area (Å²) in [5.41, 5.74) is 0. The Morgan fingerprint density at radius 3 is 2.95 bits per heavy atom. The fraction of sp³-hybridized carbons (Fsp3) is 0.857. The van der Waals surface area contributed by atoms with Crippen molar-refractivity contribution in [2.24, 2.45) is 5.92 Å². The van der Waals surface area contributed by atoms with E-state index in [2.05, 4.69) is 45.9 Å². The summed E-state index contributed by atoms with van der Waals surface area (Å²) in [6.07, 6.45) is 5.46. The number of hydrogen-bond donors (Lipinski definition) is 1. The zero-order chi connectivity index (χ0) is 13.7. The second kappa shape index (κ2) is 8.60. The molecule has 0 aromatic carbocycles. The van der Waals surface area contributed by atoms with Gasteiger partial charge < -0.3 is 5.32 Å². The predicted octanol–water partition coefficient (Wildman–Crippen LogP) is 1.93. The topological polar surface area (TPSA) is 46.0 Å². The maximum absolute atomic E-state index is 4.42. The van der Waals surface area contributed by atoms with Gasteiger partial charge in [-0.05, 0) is 45.3 Å². The van der Waals surface area contributed by atoms with Crippen molar-refractivity contribution < 1.29 is 0 Å². The Kier molecular flexibility index (Phi) is 7.48. The third kappa shape index (κ3) is 5.04. The number of halogens is 1. The number of aromatic nitrogens is 3.